The predicted molar refractivity (Wildman–Crippen MR) is 124 cm³/mol. The summed E-state index contributed by atoms with van der Waals surface area (Å²) in [6, 6.07) is 11.5. The lowest BCUT2D eigenvalue weighted by Crippen LogP contribution is -2.29. The lowest BCUT2D eigenvalue weighted by Gasteiger charge is -2.18. The van der Waals surface area contributed by atoms with Gasteiger partial charge in [0.15, 0.2) is 16.6 Å². The van der Waals surface area contributed by atoms with E-state index in [2.05, 4.69) is 15.6 Å². The Morgan fingerprint density at radius 2 is 2.03 bits per heavy atom. The minimum absolute atomic E-state index is 0.0596. The number of carbonyl (C=O) groups is 2. The van der Waals surface area contributed by atoms with Crippen molar-refractivity contribution in [2.45, 2.75) is 32.3 Å². The zero-order valence-electron chi connectivity index (χ0n) is 18.3. The van der Waals surface area contributed by atoms with Crippen molar-refractivity contribution in [3.05, 3.63) is 70.5 Å². The molecule has 3 aromatic rings. The molecule has 0 atom stereocenters. The van der Waals surface area contributed by atoms with Crippen LogP contribution in [0.25, 0.3) is 0 Å². The van der Waals surface area contributed by atoms with Crippen molar-refractivity contribution in [3.63, 3.8) is 0 Å². The van der Waals surface area contributed by atoms with E-state index in [1.54, 1.807) is 11.4 Å². The molecule has 0 aliphatic carbocycles. The highest BCUT2D eigenvalue weighted by molar-refractivity contribution is 7.14. The van der Waals surface area contributed by atoms with E-state index in [4.69, 9.17) is 9.47 Å². The monoisotopic (exact) mass is 469 g/mol. The van der Waals surface area contributed by atoms with Crippen molar-refractivity contribution in [2.75, 3.05) is 18.5 Å². The maximum atomic E-state index is 13.7. The van der Waals surface area contributed by atoms with Gasteiger partial charge < -0.3 is 14.8 Å². The quantitative estimate of drug-likeness (QED) is 0.487. The number of para-hydroxylation sites is 1. The number of anilines is 1. The van der Waals surface area contributed by atoms with Crippen molar-refractivity contribution in [2.24, 2.45) is 0 Å². The maximum absolute atomic E-state index is 13.7. The van der Waals surface area contributed by atoms with Crippen molar-refractivity contribution in [3.8, 4) is 11.5 Å². The Kier molecular flexibility index (Phi) is 6.60. The fourth-order valence-electron chi connectivity index (χ4n) is 3.53. The Morgan fingerprint density at radius 3 is 2.85 bits per heavy atom. The van der Waals surface area contributed by atoms with Crippen LogP contribution in [-0.2, 0) is 17.6 Å². The van der Waals surface area contributed by atoms with E-state index >= 15 is 0 Å². The van der Waals surface area contributed by atoms with Crippen LogP contribution in [0, 0.1) is 5.82 Å². The average molecular weight is 470 g/mol. The topological polar surface area (TPSA) is 89.6 Å². The van der Waals surface area contributed by atoms with E-state index in [0.717, 1.165) is 17.7 Å². The third-order valence-corrected chi connectivity index (χ3v) is 5.78. The molecule has 33 heavy (non-hydrogen) atoms. The summed E-state index contributed by atoms with van der Waals surface area (Å²) in [7, 11) is 0. The number of hydrogen-bond acceptors (Lipinski definition) is 6. The molecule has 0 radical (unpaired) electrons. The van der Waals surface area contributed by atoms with Crippen LogP contribution in [-0.4, -0.2) is 35.6 Å². The Balaban J connectivity index is 1.22. The highest BCUT2D eigenvalue weighted by Crippen LogP contribution is 2.41. The van der Waals surface area contributed by atoms with E-state index in [0.29, 0.717) is 29.7 Å². The molecular weight excluding hydrogens is 445 g/mol. The highest BCUT2D eigenvalue weighted by atomic mass is 32.1. The van der Waals surface area contributed by atoms with Gasteiger partial charge in [-0.15, -0.1) is 11.3 Å². The number of amides is 2. The van der Waals surface area contributed by atoms with Gasteiger partial charge in [0.1, 0.15) is 18.0 Å². The number of aromatic nitrogens is 1. The first kappa shape index (κ1) is 22.7. The molecule has 172 valence electrons. The molecule has 0 spiro atoms. The number of hydrogen-bond donors (Lipinski definition) is 2. The van der Waals surface area contributed by atoms with Crippen molar-refractivity contribution < 1.29 is 23.5 Å². The summed E-state index contributed by atoms with van der Waals surface area (Å²) in [6.45, 7) is 4.69. The maximum Gasteiger partial charge on any atom is 0.260 e. The summed E-state index contributed by atoms with van der Waals surface area (Å²) in [5, 5.41) is 7.33. The first-order valence-electron chi connectivity index (χ1n) is 10.5. The van der Waals surface area contributed by atoms with Gasteiger partial charge in [-0.2, -0.15) is 0 Å². The van der Waals surface area contributed by atoms with E-state index in [9.17, 15) is 14.0 Å². The van der Waals surface area contributed by atoms with Gasteiger partial charge in [0.25, 0.3) is 5.91 Å². The van der Waals surface area contributed by atoms with Crippen LogP contribution in [0.2, 0.25) is 0 Å². The minimum atomic E-state index is -0.607. The van der Waals surface area contributed by atoms with Crippen LogP contribution in [0.5, 0.6) is 11.5 Å². The summed E-state index contributed by atoms with van der Waals surface area (Å²) < 4.78 is 25.5. The molecule has 9 heteroatoms. The van der Waals surface area contributed by atoms with Crippen LogP contribution in [0.15, 0.2) is 47.8 Å². The van der Waals surface area contributed by atoms with Crippen LogP contribution < -0.4 is 20.1 Å². The second kappa shape index (κ2) is 9.58. The summed E-state index contributed by atoms with van der Waals surface area (Å²) >= 11 is 1.17. The Bertz CT molecular complexity index is 1180. The van der Waals surface area contributed by atoms with Gasteiger partial charge in [0, 0.05) is 17.4 Å². The van der Waals surface area contributed by atoms with Gasteiger partial charge in [-0.25, -0.2) is 9.37 Å². The molecule has 0 unspecified atom stereocenters. The molecule has 1 aromatic heterocycles. The number of ether oxygens (including phenoxy) is 2. The van der Waals surface area contributed by atoms with Gasteiger partial charge in [-0.1, -0.05) is 24.3 Å². The number of thiazole rings is 1. The average Bonchev–Trinajstić information content (AvgIpc) is 3.33. The Hall–Kier alpha value is -3.46. The summed E-state index contributed by atoms with van der Waals surface area (Å²) in [5.74, 6) is 0.0225. The van der Waals surface area contributed by atoms with E-state index in [1.807, 2.05) is 32.0 Å². The second-order valence-electron chi connectivity index (χ2n) is 8.24. The molecular formula is C24H24FN3O4S. The molecule has 2 aromatic carbocycles. The van der Waals surface area contributed by atoms with Crippen molar-refractivity contribution in [1.29, 1.82) is 0 Å². The van der Waals surface area contributed by atoms with Crippen LogP contribution in [0.1, 0.15) is 35.5 Å². The first-order chi connectivity index (χ1) is 15.8. The number of rotatable bonds is 8. The molecule has 2 heterocycles. The van der Waals surface area contributed by atoms with E-state index in [1.165, 1.54) is 29.5 Å². The molecule has 0 fully saturated rings. The third kappa shape index (κ3) is 5.67. The molecule has 1 aliphatic rings. The van der Waals surface area contributed by atoms with Crippen LogP contribution in [0.4, 0.5) is 9.52 Å². The van der Waals surface area contributed by atoms with E-state index < -0.39 is 11.7 Å². The third-order valence-electron chi connectivity index (χ3n) is 4.97. The first-order valence-corrected chi connectivity index (χ1v) is 11.4. The Morgan fingerprint density at radius 1 is 1.21 bits per heavy atom. The highest BCUT2D eigenvalue weighted by Gasteiger charge is 2.32. The van der Waals surface area contributed by atoms with Gasteiger partial charge >= 0.3 is 0 Å². The van der Waals surface area contributed by atoms with Crippen molar-refractivity contribution >= 4 is 28.3 Å². The lowest BCUT2D eigenvalue weighted by molar-refractivity contribution is -0.120. The van der Waals surface area contributed by atoms with Gasteiger partial charge in [-0.05, 0) is 32.0 Å². The zero-order chi connectivity index (χ0) is 23.4. The normalized spacial score (nSPS) is 13.7. The summed E-state index contributed by atoms with van der Waals surface area (Å²) in [5.41, 5.74) is 1.31. The van der Waals surface area contributed by atoms with Gasteiger partial charge in [0.05, 0.1) is 24.2 Å². The number of carbonyl (C=O) groups excluding carboxylic acids is 2. The molecule has 4 rings (SSSR count). The predicted octanol–water partition coefficient (Wildman–Crippen LogP) is 3.99. The molecule has 7 nitrogen and oxygen atoms in total. The molecule has 0 saturated heterocycles. The smallest absolute Gasteiger partial charge is 0.260 e. The molecule has 0 bridgehead atoms. The SMILES string of the molecule is CC1(C)Cc2cccc(OCCNC(=O)Cc3csc(NC(=O)c4ccccc4F)n3)c2O1. The number of nitrogens with zero attached hydrogens (tertiary/aromatic N) is 1. The fourth-order valence-corrected chi connectivity index (χ4v) is 4.24. The Labute approximate surface area is 194 Å². The number of halogens is 1. The number of nitrogens with one attached hydrogen (secondary N) is 2. The molecule has 1 aliphatic heterocycles. The second-order valence-corrected chi connectivity index (χ2v) is 9.09. The number of fused-ring (bicyclic) bond motifs is 1. The molecule has 2 N–H and O–H groups in total. The fraction of sp³-hybridized carbons (Fsp3) is 0.292. The van der Waals surface area contributed by atoms with Gasteiger partial charge in [-0.3, -0.25) is 14.9 Å². The van der Waals surface area contributed by atoms with Crippen molar-refractivity contribution in [1.82, 2.24) is 10.3 Å². The molecule has 0 saturated carbocycles. The number of benzene rings is 2. The van der Waals surface area contributed by atoms with E-state index in [-0.39, 0.29) is 23.5 Å². The largest absolute Gasteiger partial charge is 0.488 e. The standard InChI is InChI=1S/C24H24FN3O4S/c1-24(2)13-15-6-5-9-19(21(15)32-24)31-11-10-26-20(29)12-16-14-33-23(27-16)28-22(30)17-7-3-4-8-18(17)25/h3-9,14H,10-13H2,1-2H3,(H,26,29)(H,27,28,30). The minimum Gasteiger partial charge on any atom is -0.488 e. The summed E-state index contributed by atoms with van der Waals surface area (Å²) in [4.78, 5) is 28.6. The summed E-state index contributed by atoms with van der Waals surface area (Å²) in [6.07, 6.45) is 0.886. The molecule has 2 amide bonds. The zero-order valence-corrected chi connectivity index (χ0v) is 19.1. The lowest BCUT2D eigenvalue weighted by atomic mass is 10.0. The van der Waals surface area contributed by atoms with Gasteiger partial charge in [0.2, 0.25) is 5.91 Å². The van der Waals surface area contributed by atoms with Crippen LogP contribution >= 0.6 is 11.3 Å². The van der Waals surface area contributed by atoms with Crippen LogP contribution in [0.3, 0.4) is 0 Å².